The summed E-state index contributed by atoms with van der Waals surface area (Å²) >= 11 is 7.35. The highest BCUT2D eigenvalue weighted by Crippen LogP contribution is 2.37. The molecule has 0 aliphatic carbocycles. The Bertz CT molecular complexity index is 1200. The van der Waals surface area contributed by atoms with Crippen LogP contribution >= 0.6 is 50.3 Å². The Morgan fingerprint density at radius 2 is 1.79 bits per heavy atom. The molecule has 1 aliphatic heterocycles. The van der Waals surface area contributed by atoms with Crippen molar-refractivity contribution in [2.45, 2.75) is 25.4 Å². The minimum atomic E-state index is -0.233. The molecule has 1 fully saturated rings. The zero-order chi connectivity index (χ0) is 24.1. The van der Waals surface area contributed by atoms with E-state index in [2.05, 4.69) is 68.2 Å². The summed E-state index contributed by atoms with van der Waals surface area (Å²) in [5, 5.41) is 6.33. The van der Waals surface area contributed by atoms with Crippen LogP contribution in [0.2, 0.25) is 0 Å². The first-order chi connectivity index (χ1) is 16.4. The average molecular weight is 651 g/mol. The van der Waals surface area contributed by atoms with Gasteiger partial charge in [-0.05, 0) is 88.2 Å². The molecule has 0 radical (unpaired) electrons. The SMILES string of the molecule is CCc1ccc(N[C@H]2NC(=O)/C(=C/c3cc(OC)c(OCc4ccc(I)cc4)cc3Br)S2)cc1. The number of aryl methyl sites for hydroxylation is 1. The molecule has 2 N–H and O–H groups in total. The number of amides is 1. The molecule has 0 bridgehead atoms. The number of thioether (sulfide) groups is 1. The van der Waals surface area contributed by atoms with Gasteiger partial charge in [0.15, 0.2) is 17.0 Å². The van der Waals surface area contributed by atoms with Crippen molar-refractivity contribution in [3.63, 3.8) is 0 Å². The number of carbonyl (C=O) groups excluding carboxylic acids is 1. The Hall–Kier alpha value is -2.17. The van der Waals surface area contributed by atoms with E-state index in [0.717, 1.165) is 27.7 Å². The molecule has 3 aromatic carbocycles. The van der Waals surface area contributed by atoms with Gasteiger partial charge in [-0.25, -0.2) is 0 Å². The van der Waals surface area contributed by atoms with Crippen molar-refractivity contribution in [1.29, 1.82) is 0 Å². The van der Waals surface area contributed by atoms with Crippen LogP contribution in [0.3, 0.4) is 0 Å². The van der Waals surface area contributed by atoms with E-state index in [1.165, 1.54) is 20.9 Å². The second-order valence-corrected chi connectivity index (χ2v) is 10.9. The van der Waals surface area contributed by atoms with Gasteiger partial charge in [-0.3, -0.25) is 4.79 Å². The minimum Gasteiger partial charge on any atom is -0.493 e. The van der Waals surface area contributed by atoms with Crippen molar-refractivity contribution in [3.05, 3.63) is 90.3 Å². The van der Waals surface area contributed by atoms with E-state index in [1.807, 2.05) is 54.6 Å². The number of nitrogens with one attached hydrogen (secondary N) is 2. The zero-order valence-corrected chi connectivity index (χ0v) is 23.3. The van der Waals surface area contributed by atoms with E-state index in [4.69, 9.17) is 9.47 Å². The van der Waals surface area contributed by atoms with E-state index in [0.29, 0.717) is 23.0 Å². The fourth-order valence-electron chi connectivity index (χ4n) is 3.37. The third-order valence-electron chi connectivity index (χ3n) is 5.27. The maximum absolute atomic E-state index is 12.6. The summed E-state index contributed by atoms with van der Waals surface area (Å²) in [7, 11) is 1.61. The van der Waals surface area contributed by atoms with Crippen LogP contribution < -0.4 is 20.1 Å². The summed E-state index contributed by atoms with van der Waals surface area (Å²) in [4.78, 5) is 13.2. The van der Waals surface area contributed by atoms with Crippen LogP contribution in [0.15, 0.2) is 70.0 Å². The van der Waals surface area contributed by atoms with Crippen molar-refractivity contribution in [3.8, 4) is 11.5 Å². The summed E-state index contributed by atoms with van der Waals surface area (Å²) in [6.07, 6.45) is 2.85. The molecule has 3 aromatic rings. The number of hydrogen-bond donors (Lipinski definition) is 2. The molecule has 4 rings (SSSR count). The molecule has 176 valence electrons. The monoisotopic (exact) mass is 650 g/mol. The third-order valence-corrected chi connectivity index (χ3v) is 7.70. The van der Waals surface area contributed by atoms with Gasteiger partial charge in [0, 0.05) is 13.7 Å². The topological polar surface area (TPSA) is 59.6 Å². The van der Waals surface area contributed by atoms with Crippen LogP contribution in [0, 0.1) is 3.57 Å². The van der Waals surface area contributed by atoms with Crippen molar-refractivity contribution in [2.24, 2.45) is 0 Å². The lowest BCUT2D eigenvalue weighted by Gasteiger charge is -2.13. The van der Waals surface area contributed by atoms with Crippen molar-refractivity contribution < 1.29 is 14.3 Å². The molecule has 0 saturated carbocycles. The van der Waals surface area contributed by atoms with Gasteiger partial charge in [-0.2, -0.15) is 0 Å². The first kappa shape index (κ1) is 24.9. The Labute approximate surface area is 226 Å². The van der Waals surface area contributed by atoms with Crippen molar-refractivity contribution >= 4 is 68.0 Å². The second-order valence-electron chi connectivity index (χ2n) is 7.61. The predicted molar refractivity (Wildman–Crippen MR) is 151 cm³/mol. The number of carbonyl (C=O) groups is 1. The number of hydrogen-bond acceptors (Lipinski definition) is 5. The van der Waals surface area contributed by atoms with Crippen LogP contribution in [0.5, 0.6) is 11.5 Å². The van der Waals surface area contributed by atoms with Crippen LogP contribution in [0.25, 0.3) is 6.08 Å². The molecular formula is C26H24BrIN2O3S. The first-order valence-electron chi connectivity index (χ1n) is 10.7. The van der Waals surface area contributed by atoms with Gasteiger partial charge in [-0.1, -0.05) is 58.9 Å². The zero-order valence-electron chi connectivity index (χ0n) is 18.7. The number of anilines is 1. The number of methoxy groups -OCH3 is 1. The fraction of sp³-hybridized carbons (Fsp3) is 0.192. The van der Waals surface area contributed by atoms with Crippen molar-refractivity contribution in [2.75, 3.05) is 12.4 Å². The van der Waals surface area contributed by atoms with Crippen LogP contribution in [-0.2, 0) is 17.8 Å². The summed E-state index contributed by atoms with van der Waals surface area (Å²) in [5.74, 6) is 1.13. The molecule has 1 saturated heterocycles. The molecule has 8 heteroatoms. The molecule has 1 amide bonds. The van der Waals surface area contributed by atoms with Gasteiger partial charge >= 0.3 is 0 Å². The summed E-state index contributed by atoms with van der Waals surface area (Å²) in [6.45, 7) is 2.56. The number of halogens is 2. The normalized spacial score (nSPS) is 16.4. The standard InChI is InChI=1S/C26H24BrIN2O3S/c1-3-16-6-10-20(11-7-16)29-26-30-25(31)24(34-26)13-18-12-22(32-2)23(14-21(18)27)33-15-17-4-8-19(28)9-5-17/h4-14,26,29H,3,15H2,1-2H3,(H,30,31)/b24-13-/t26-/m0/s1. The molecule has 0 aromatic heterocycles. The summed E-state index contributed by atoms with van der Waals surface area (Å²) in [6, 6.07) is 20.2. The predicted octanol–water partition coefficient (Wildman–Crippen LogP) is 6.80. The highest BCUT2D eigenvalue weighted by Gasteiger charge is 2.27. The summed E-state index contributed by atoms with van der Waals surface area (Å²) in [5.41, 5.74) is 3.92. The lowest BCUT2D eigenvalue weighted by Crippen LogP contribution is -2.30. The molecule has 5 nitrogen and oxygen atoms in total. The molecule has 1 atom stereocenters. The minimum absolute atomic E-state index is 0.113. The Morgan fingerprint density at radius 1 is 1.09 bits per heavy atom. The fourth-order valence-corrected chi connectivity index (χ4v) is 5.14. The van der Waals surface area contributed by atoms with Gasteiger partial charge in [0.1, 0.15) is 6.61 Å². The van der Waals surface area contributed by atoms with Gasteiger partial charge in [0.05, 0.1) is 12.0 Å². The Kier molecular flexibility index (Phi) is 8.44. The molecule has 0 spiro atoms. The van der Waals surface area contributed by atoms with E-state index < -0.39 is 0 Å². The number of rotatable bonds is 8. The van der Waals surface area contributed by atoms with Gasteiger partial charge < -0.3 is 20.1 Å². The third kappa shape index (κ3) is 6.28. The molecule has 1 aliphatic rings. The molecule has 1 heterocycles. The largest absolute Gasteiger partial charge is 0.493 e. The van der Waals surface area contributed by atoms with E-state index in [1.54, 1.807) is 7.11 Å². The van der Waals surface area contributed by atoms with Gasteiger partial charge in [0.25, 0.3) is 5.91 Å². The van der Waals surface area contributed by atoms with Crippen LogP contribution in [-0.4, -0.2) is 18.5 Å². The van der Waals surface area contributed by atoms with E-state index >= 15 is 0 Å². The van der Waals surface area contributed by atoms with Gasteiger partial charge in [0.2, 0.25) is 0 Å². The summed E-state index contributed by atoms with van der Waals surface area (Å²) < 4.78 is 13.6. The highest BCUT2D eigenvalue weighted by atomic mass is 127. The van der Waals surface area contributed by atoms with Gasteiger partial charge in [-0.15, -0.1) is 0 Å². The molecule has 0 unspecified atom stereocenters. The average Bonchev–Trinajstić information content (AvgIpc) is 3.18. The maximum Gasteiger partial charge on any atom is 0.260 e. The van der Waals surface area contributed by atoms with Crippen molar-refractivity contribution in [1.82, 2.24) is 5.32 Å². The highest BCUT2D eigenvalue weighted by molar-refractivity contribution is 14.1. The Morgan fingerprint density at radius 3 is 2.47 bits per heavy atom. The molecule has 34 heavy (non-hydrogen) atoms. The number of ether oxygens (including phenoxy) is 2. The lowest BCUT2D eigenvalue weighted by atomic mass is 10.1. The first-order valence-corrected chi connectivity index (χ1v) is 13.5. The quantitative estimate of drug-likeness (QED) is 0.207. The van der Waals surface area contributed by atoms with E-state index in [9.17, 15) is 4.79 Å². The smallest absolute Gasteiger partial charge is 0.260 e. The number of benzene rings is 3. The second kappa shape index (κ2) is 11.5. The lowest BCUT2D eigenvalue weighted by molar-refractivity contribution is -0.116. The van der Waals surface area contributed by atoms with Crippen LogP contribution in [0.1, 0.15) is 23.6 Å². The Balaban J connectivity index is 1.46. The van der Waals surface area contributed by atoms with E-state index in [-0.39, 0.29) is 11.4 Å². The molecular weight excluding hydrogens is 627 g/mol. The van der Waals surface area contributed by atoms with Crippen LogP contribution in [0.4, 0.5) is 5.69 Å². The maximum atomic E-state index is 12.6.